The predicted octanol–water partition coefficient (Wildman–Crippen LogP) is 7.59. The Kier molecular flexibility index (Phi) is 4.03. The Labute approximate surface area is 176 Å². The lowest BCUT2D eigenvalue weighted by Crippen LogP contribution is -1.93. The Hall–Kier alpha value is -2.88. The van der Waals surface area contributed by atoms with Crippen LogP contribution in [0.3, 0.4) is 0 Å². The first kappa shape index (κ1) is 17.0. The Morgan fingerprint density at radius 2 is 1.00 bits per heavy atom. The maximum Gasteiger partial charge on any atom is 0.0541 e. The van der Waals surface area contributed by atoms with Gasteiger partial charge in [-0.1, -0.05) is 42.5 Å². The van der Waals surface area contributed by atoms with Gasteiger partial charge in [0.1, 0.15) is 0 Å². The van der Waals surface area contributed by atoms with Crippen molar-refractivity contribution in [2.75, 3.05) is 0 Å². The van der Waals surface area contributed by atoms with E-state index in [1.165, 1.54) is 37.3 Å². The van der Waals surface area contributed by atoms with E-state index in [9.17, 15) is 0 Å². The summed E-state index contributed by atoms with van der Waals surface area (Å²) < 4.78 is 2.40. The number of allylic oxidation sites excluding steroid dienone is 4. The van der Waals surface area contributed by atoms with Crippen molar-refractivity contribution in [3.63, 3.8) is 0 Å². The summed E-state index contributed by atoms with van der Waals surface area (Å²) in [6.45, 7) is 0. The van der Waals surface area contributed by atoms with Crippen molar-refractivity contribution in [2.24, 2.45) is 0 Å². The molecule has 29 heavy (non-hydrogen) atoms. The Bertz CT molecular complexity index is 1250. The molecule has 0 unspecified atom stereocenters. The quantitative estimate of drug-likeness (QED) is 0.320. The third kappa shape index (κ3) is 2.81. The molecule has 0 saturated heterocycles. The number of aromatic nitrogens is 1. The molecule has 4 aromatic rings. The first-order chi connectivity index (χ1) is 14.4. The first-order valence-corrected chi connectivity index (χ1v) is 12.7. The van der Waals surface area contributed by atoms with Gasteiger partial charge in [-0.15, -0.1) is 0 Å². The molecule has 0 amide bonds. The van der Waals surface area contributed by atoms with Gasteiger partial charge in [0.15, 0.2) is 0 Å². The van der Waals surface area contributed by atoms with Crippen molar-refractivity contribution in [1.82, 2.24) is 4.57 Å². The molecular formula is C26H21NS2. The highest BCUT2D eigenvalue weighted by Crippen LogP contribution is 2.47. The minimum absolute atomic E-state index is 0.319. The lowest BCUT2D eigenvalue weighted by molar-refractivity contribution is 1.18. The van der Waals surface area contributed by atoms with E-state index in [4.69, 9.17) is 0 Å². The molecule has 0 N–H and O–H groups in total. The summed E-state index contributed by atoms with van der Waals surface area (Å²) in [6.07, 6.45) is 8.68. The van der Waals surface area contributed by atoms with Gasteiger partial charge in [-0.05, 0) is 80.0 Å². The maximum atomic E-state index is 2.42. The zero-order valence-corrected chi connectivity index (χ0v) is 17.6. The minimum atomic E-state index is -0.319. The molecule has 1 nitrogen and oxygen atoms in total. The van der Waals surface area contributed by atoms with Crippen LogP contribution in [0.5, 0.6) is 0 Å². The first-order valence-electron chi connectivity index (χ1n) is 9.79. The van der Waals surface area contributed by atoms with E-state index in [1.54, 1.807) is 0 Å². The fourth-order valence-electron chi connectivity index (χ4n) is 4.19. The number of nitrogens with zero attached hydrogens (tertiary/aromatic N) is 1. The molecule has 0 radical (unpaired) electrons. The van der Waals surface area contributed by atoms with Crippen molar-refractivity contribution < 1.29 is 0 Å². The monoisotopic (exact) mass is 411 g/mol. The van der Waals surface area contributed by atoms with Gasteiger partial charge in [0.05, 0.1) is 11.0 Å². The third-order valence-corrected chi connectivity index (χ3v) is 9.27. The largest absolute Gasteiger partial charge is 0.309 e. The van der Waals surface area contributed by atoms with Crippen LogP contribution in [-0.2, 0) is 0 Å². The standard InChI is InChI=1S/C26H21NS2/c1-2-8-20(9-3-1)27-25-12-10-21(28-14-4-5-15-28)18-23(25)24-19-22(11-13-26(24)27)29-16-6-7-17-29/h1-19,28-29H. The molecule has 2 aliphatic rings. The summed E-state index contributed by atoms with van der Waals surface area (Å²) in [6, 6.07) is 24.8. The summed E-state index contributed by atoms with van der Waals surface area (Å²) in [5.74, 6) is 0. The molecule has 6 rings (SSSR count). The number of thiol groups is 2. The zero-order valence-electron chi connectivity index (χ0n) is 15.8. The molecule has 2 aliphatic heterocycles. The van der Waals surface area contributed by atoms with Crippen molar-refractivity contribution in [3.8, 4) is 5.69 Å². The molecule has 1 aromatic heterocycles. The lowest BCUT2D eigenvalue weighted by atomic mass is 10.1. The summed E-state index contributed by atoms with van der Waals surface area (Å²) in [5, 5.41) is 12.0. The highest BCUT2D eigenvalue weighted by atomic mass is 32.2. The number of rotatable bonds is 3. The van der Waals surface area contributed by atoms with Crippen LogP contribution in [-0.4, -0.2) is 4.57 Å². The molecule has 0 aliphatic carbocycles. The number of benzene rings is 3. The van der Waals surface area contributed by atoms with Crippen LogP contribution in [0.4, 0.5) is 0 Å². The molecule has 3 heterocycles. The van der Waals surface area contributed by atoms with Crippen LogP contribution in [0, 0.1) is 0 Å². The number of hydrogen-bond acceptors (Lipinski definition) is 0. The number of para-hydroxylation sites is 1. The molecular weight excluding hydrogens is 390 g/mol. The predicted molar refractivity (Wildman–Crippen MR) is 132 cm³/mol. The number of hydrogen-bond donors (Lipinski definition) is 2. The van der Waals surface area contributed by atoms with Gasteiger partial charge in [0.2, 0.25) is 0 Å². The van der Waals surface area contributed by atoms with Gasteiger partial charge < -0.3 is 4.57 Å². The van der Waals surface area contributed by atoms with Crippen LogP contribution < -0.4 is 0 Å². The third-order valence-electron chi connectivity index (χ3n) is 5.55. The van der Waals surface area contributed by atoms with Crippen LogP contribution >= 0.6 is 21.8 Å². The fraction of sp³-hybridized carbons (Fsp3) is 0. The molecule has 0 bridgehead atoms. The van der Waals surface area contributed by atoms with Crippen LogP contribution in [0.1, 0.15) is 0 Å². The lowest BCUT2D eigenvalue weighted by Gasteiger charge is -2.11. The zero-order chi connectivity index (χ0) is 19.2. The topological polar surface area (TPSA) is 4.93 Å². The van der Waals surface area contributed by atoms with E-state index >= 15 is 0 Å². The van der Waals surface area contributed by atoms with E-state index in [-0.39, 0.29) is 21.8 Å². The summed E-state index contributed by atoms with van der Waals surface area (Å²) in [7, 11) is -0.638. The minimum Gasteiger partial charge on any atom is -0.309 e. The van der Waals surface area contributed by atoms with Crippen LogP contribution in [0.2, 0.25) is 0 Å². The van der Waals surface area contributed by atoms with Gasteiger partial charge >= 0.3 is 0 Å². The second-order valence-corrected chi connectivity index (χ2v) is 11.1. The van der Waals surface area contributed by atoms with Crippen LogP contribution in [0.15, 0.2) is 122 Å². The molecule has 3 aromatic carbocycles. The highest BCUT2D eigenvalue weighted by Gasteiger charge is 2.15. The SMILES string of the molecule is C1=C[SH](c2ccc3c(c2)c2cc([SH]4C=CC=C4)ccc2n3-c2ccccc2)C=C1. The smallest absolute Gasteiger partial charge is 0.0541 e. The highest BCUT2D eigenvalue weighted by molar-refractivity contribution is 8.22. The van der Waals surface area contributed by atoms with E-state index in [2.05, 4.69) is 117 Å². The van der Waals surface area contributed by atoms with Gasteiger partial charge in [-0.2, -0.15) is 21.8 Å². The van der Waals surface area contributed by atoms with E-state index < -0.39 is 0 Å². The number of fused-ring (bicyclic) bond motifs is 3. The average Bonchev–Trinajstić information content (AvgIpc) is 3.53. The molecule has 3 heteroatoms. The van der Waals surface area contributed by atoms with E-state index in [0.717, 1.165) is 0 Å². The summed E-state index contributed by atoms with van der Waals surface area (Å²) in [5.41, 5.74) is 3.77. The van der Waals surface area contributed by atoms with Crippen molar-refractivity contribution in [3.05, 3.63) is 113 Å². The average molecular weight is 412 g/mol. The van der Waals surface area contributed by atoms with Gasteiger partial charge in [0, 0.05) is 16.5 Å². The van der Waals surface area contributed by atoms with Gasteiger partial charge in [0.25, 0.3) is 0 Å². The van der Waals surface area contributed by atoms with E-state index in [0.29, 0.717) is 0 Å². The normalized spacial score (nSPS) is 17.4. The van der Waals surface area contributed by atoms with Crippen molar-refractivity contribution >= 4 is 43.6 Å². The van der Waals surface area contributed by atoms with Gasteiger partial charge in [-0.3, -0.25) is 0 Å². The van der Waals surface area contributed by atoms with Crippen molar-refractivity contribution in [2.45, 2.75) is 9.79 Å². The second-order valence-electron chi connectivity index (χ2n) is 7.25. The molecule has 0 atom stereocenters. The summed E-state index contributed by atoms with van der Waals surface area (Å²) >= 11 is 0. The van der Waals surface area contributed by atoms with E-state index in [1.807, 2.05) is 0 Å². The summed E-state index contributed by atoms with van der Waals surface area (Å²) in [4.78, 5) is 2.84. The molecule has 142 valence electrons. The molecule has 0 spiro atoms. The molecule has 0 fully saturated rings. The second kappa shape index (κ2) is 6.87. The van der Waals surface area contributed by atoms with Crippen molar-refractivity contribution in [1.29, 1.82) is 0 Å². The van der Waals surface area contributed by atoms with Crippen LogP contribution in [0.25, 0.3) is 27.5 Å². The van der Waals surface area contributed by atoms with Gasteiger partial charge in [-0.25, -0.2) is 0 Å². The Balaban J connectivity index is 1.65. The molecule has 0 saturated carbocycles. The fourth-order valence-corrected chi connectivity index (χ4v) is 7.27. The Morgan fingerprint density at radius 3 is 1.48 bits per heavy atom. The Morgan fingerprint density at radius 1 is 0.517 bits per heavy atom. The maximum absolute atomic E-state index is 2.42.